The molecule has 6 nitrogen and oxygen atoms in total. The van der Waals surface area contributed by atoms with Crippen molar-refractivity contribution in [2.45, 2.75) is 32.6 Å². The monoisotopic (exact) mass is 332 g/mol. The first-order chi connectivity index (χ1) is 11.3. The van der Waals surface area contributed by atoms with E-state index < -0.39 is 11.9 Å². The van der Waals surface area contributed by atoms with Crippen LogP contribution in [0, 0.1) is 0 Å². The quantitative estimate of drug-likeness (QED) is 0.436. The van der Waals surface area contributed by atoms with Gasteiger partial charge < -0.3 is 9.64 Å². The van der Waals surface area contributed by atoms with Gasteiger partial charge >= 0.3 is 5.97 Å². The molecule has 0 bridgehead atoms. The molecule has 0 saturated heterocycles. The standard InChI is InChI=1S/C18H24N2O4/c1-13(18(23)24-4)19-17(22)15-10-7-9-14(12-15)8-5-6-11-16(21)20(2)3/h7,9-10,12H,5-6,8,11H2,1-4H3/b19-13+. The van der Waals surface area contributed by atoms with Gasteiger partial charge in [-0.1, -0.05) is 12.1 Å². The second-order valence-corrected chi connectivity index (χ2v) is 5.69. The van der Waals surface area contributed by atoms with Crippen LogP contribution in [0.3, 0.4) is 0 Å². The summed E-state index contributed by atoms with van der Waals surface area (Å²) in [6, 6.07) is 7.15. The van der Waals surface area contributed by atoms with Gasteiger partial charge in [0.2, 0.25) is 5.91 Å². The molecule has 6 heteroatoms. The van der Waals surface area contributed by atoms with Gasteiger partial charge in [-0.05, 0) is 43.9 Å². The summed E-state index contributed by atoms with van der Waals surface area (Å²) in [5, 5.41) is 0. The number of hydrogen-bond donors (Lipinski definition) is 0. The van der Waals surface area contributed by atoms with E-state index in [0.717, 1.165) is 24.8 Å². The lowest BCUT2D eigenvalue weighted by Gasteiger charge is -2.09. The van der Waals surface area contributed by atoms with E-state index in [1.807, 2.05) is 6.07 Å². The van der Waals surface area contributed by atoms with Crippen LogP contribution in [0.4, 0.5) is 0 Å². The molecule has 130 valence electrons. The van der Waals surface area contributed by atoms with Gasteiger partial charge in [0.15, 0.2) is 0 Å². The predicted octanol–water partition coefficient (Wildman–Crippen LogP) is 2.26. The summed E-state index contributed by atoms with van der Waals surface area (Å²) in [6.45, 7) is 1.44. The summed E-state index contributed by atoms with van der Waals surface area (Å²) in [6.07, 6.45) is 2.96. The van der Waals surface area contributed by atoms with Crippen LogP contribution in [-0.4, -0.2) is 49.6 Å². The average Bonchev–Trinajstić information content (AvgIpc) is 2.57. The molecule has 1 aromatic rings. The number of methoxy groups -OCH3 is 1. The van der Waals surface area contributed by atoms with E-state index in [0.29, 0.717) is 12.0 Å². The van der Waals surface area contributed by atoms with E-state index in [4.69, 9.17) is 0 Å². The lowest BCUT2D eigenvalue weighted by atomic mass is 10.0. The molecule has 0 spiro atoms. The average molecular weight is 332 g/mol. The Morgan fingerprint density at radius 3 is 2.50 bits per heavy atom. The molecule has 24 heavy (non-hydrogen) atoms. The minimum absolute atomic E-state index is 0.0232. The van der Waals surface area contributed by atoms with E-state index in [2.05, 4.69) is 9.73 Å². The number of unbranched alkanes of at least 4 members (excludes halogenated alkanes) is 1. The van der Waals surface area contributed by atoms with Crippen molar-refractivity contribution in [3.05, 3.63) is 35.4 Å². The zero-order valence-corrected chi connectivity index (χ0v) is 14.7. The van der Waals surface area contributed by atoms with Gasteiger partial charge in [0.1, 0.15) is 5.71 Å². The molecule has 2 amide bonds. The Morgan fingerprint density at radius 1 is 1.17 bits per heavy atom. The summed E-state index contributed by atoms with van der Waals surface area (Å²) >= 11 is 0. The minimum atomic E-state index is -0.620. The van der Waals surface area contributed by atoms with Crippen LogP contribution in [0.5, 0.6) is 0 Å². The van der Waals surface area contributed by atoms with E-state index in [-0.39, 0.29) is 11.6 Å². The molecule has 0 unspecified atom stereocenters. The maximum absolute atomic E-state index is 12.1. The largest absolute Gasteiger partial charge is 0.465 e. The van der Waals surface area contributed by atoms with Crippen LogP contribution < -0.4 is 0 Å². The second-order valence-electron chi connectivity index (χ2n) is 5.69. The summed E-state index contributed by atoms with van der Waals surface area (Å²) in [4.78, 5) is 40.2. The van der Waals surface area contributed by atoms with Gasteiger partial charge in [0.05, 0.1) is 7.11 Å². The molecule has 0 N–H and O–H groups in total. The number of carbonyl (C=O) groups is 3. The number of carbonyl (C=O) groups excluding carboxylic acids is 3. The SMILES string of the molecule is COC(=O)/C(C)=N/C(=O)c1cccc(CCCCC(=O)N(C)C)c1. The highest BCUT2D eigenvalue weighted by Gasteiger charge is 2.10. The van der Waals surface area contributed by atoms with Gasteiger partial charge in [0.25, 0.3) is 5.91 Å². The van der Waals surface area contributed by atoms with Gasteiger partial charge in [-0.15, -0.1) is 0 Å². The number of rotatable bonds is 7. The van der Waals surface area contributed by atoms with Gasteiger partial charge in [-0.2, -0.15) is 0 Å². The van der Waals surface area contributed by atoms with E-state index in [1.165, 1.54) is 14.0 Å². The zero-order valence-electron chi connectivity index (χ0n) is 14.7. The second kappa shape index (κ2) is 9.60. The molecule has 0 aromatic heterocycles. The van der Waals surface area contributed by atoms with E-state index >= 15 is 0 Å². The highest BCUT2D eigenvalue weighted by Crippen LogP contribution is 2.11. The van der Waals surface area contributed by atoms with E-state index in [9.17, 15) is 14.4 Å². The first-order valence-electron chi connectivity index (χ1n) is 7.82. The summed E-state index contributed by atoms with van der Waals surface area (Å²) in [5.74, 6) is -0.973. The van der Waals surface area contributed by atoms with Crippen molar-refractivity contribution in [3.63, 3.8) is 0 Å². The van der Waals surface area contributed by atoms with Gasteiger partial charge in [0, 0.05) is 26.1 Å². The maximum Gasteiger partial charge on any atom is 0.352 e. The normalized spacial score (nSPS) is 11.1. The van der Waals surface area contributed by atoms with Crippen LogP contribution in [0.2, 0.25) is 0 Å². The molecule has 0 atom stereocenters. The van der Waals surface area contributed by atoms with Crippen LogP contribution in [-0.2, 0) is 20.7 Å². The van der Waals surface area contributed by atoms with Crippen molar-refractivity contribution in [1.82, 2.24) is 4.90 Å². The number of ether oxygens (including phenoxy) is 1. The third kappa shape index (κ3) is 6.32. The Bertz CT molecular complexity index is 636. The number of aliphatic imine (C=N–C) groups is 1. The fourth-order valence-electron chi connectivity index (χ4n) is 2.10. The summed E-state index contributed by atoms with van der Waals surface area (Å²) < 4.78 is 4.52. The zero-order chi connectivity index (χ0) is 18.1. The maximum atomic E-state index is 12.1. The fraction of sp³-hybridized carbons (Fsp3) is 0.444. The minimum Gasteiger partial charge on any atom is -0.465 e. The number of benzene rings is 1. The van der Waals surface area contributed by atoms with Crippen molar-refractivity contribution < 1.29 is 19.1 Å². The molecule has 0 heterocycles. The summed E-state index contributed by atoms with van der Waals surface area (Å²) in [7, 11) is 4.73. The molecule has 0 aliphatic heterocycles. The topological polar surface area (TPSA) is 76.0 Å². The van der Waals surface area contributed by atoms with Crippen molar-refractivity contribution in [3.8, 4) is 0 Å². The molecule has 0 saturated carbocycles. The molecule has 0 aliphatic carbocycles. The molecular weight excluding hydrogens is 308 g/mol. The summed E-state index contributed by atoms with van der Waals surface area (Å²) in [5.41, 5.74) is 1.46. The molecule has 0 radical (unpaired) electrons. The Balaban J connectivity index is 2.62. The molecule has 0 fully saturated rings. The smallest absolute Gasteiger partial charge is 0.352 e. The van der Waals surface area contributed by atoms with Gasteiger partial charge in [-0.3, -0.25) is 9.59 Å². The number of amides is 2. The lowest BCUT2D eigenvalue weighted by Crippen LogP contribution is -2.21. The van der Waals surface area contributed by atoms with Crippen molar-refractivity contribution in [1.29, 1.82) is 0 Å². The molecule has 1 aromatic carbocycles. The number of esters is 1. The van der Waals surface area contributed by atoms with Crippen LogP contribution in [0.25, 0.3) is 0 Å². The van der Waals surface area contributed by atoms with Crippen LogP contribution >= 0.6 is 0 Å². The highest BCUT2D eigenvalue weighted by molar-refractivity contribution is 6.37. The van der Waals surface area contributed by atoms with Crippen molar-refractivity contribution in [2.75, 3.05) is 21.2 Å². The molecule has 0 aliphatic rings. The third-order valence-corrected chi connectivity index (χ3v) is 3.53. The number of nitrogens with zero attached hydrogens (tertiary/aromatic N) is 2. The van der Waals surface area contributed by atoms with Crippen molar-refractivity contribution in [2.24, 2.45) is 4.99 Å². The fourth-order valence-corrected chi connectivity index (χ4v) is 2.10. The first kappa shape index (κ1) is 19.5. The highest BCUT2D eigenvalue weighted by atomic mass is 16.5. The van der Waals surface area contributed by atoms with Crippen LogP contribution in [0.1, 0.15) is 42.1 Å². The molecule has 1 rings (SSSR count). The third-order valence-electron chi connectivity index (χ3n) is 3.53. The predicted molar refractivity (Wildman–Crippen MR) is 92.1 cm³/mol. The Kier molecular flexibility index (Phi) is 7.82. The Labute approximate surface area is 142 Å². The van der Waals surface area contributed by atoms with Crippen LogP contribution in [0.15, 0.2) is 29.3 Å². The number of hydrogen-bond acceptors (Lipinski definition) is 4. The number of aryl methyl sites for hydroxylation is 1. The first-order valence-corrected chi connectivity index (χ1v) is 7.82. The molecular formula is C18H24N2O4. The van der Waals surface area contributed by atoms with E-state index in [1.54, 1.807) is 37.2 Å². The Morgan fingerprint density at radius 2 is 1.88 bits per heavy atom. The van der Waals surface area contributed by atoms with Gasteiger partial charge in [-0.25, -0.2) is 9.79 Å². The van der Waals surface area contributed by atoms with Crippen molar-refractivity contribution >= 4 is 23.5 Å². The lowest BCUT2D eigenvalue weighted by molar-refractivity contribution is -0.132. The Hall–Kier alpha value is -2.50.